The van der Waals surface area contributed by atoms with Crippen LogP contribution in [-0.4, -0.2) is 54.6 Å². The molecule has 0 saturated carbocycles. The van der Waals surface area contributed by atoms with Crippen LogP contribution in [0.1, 0.15) is 24.8 Å². The van der Waals surface area contributed by atoms with Crippen LogP contribution in [-0.2, 0) is 16.1 Å². The smallest absolute Gasteiger partial charge is 0.227 e. The zero-order valence-corrected chi connectivity index (χ0v) is 14.1. The van der Waals surface area contributed by atoms with Gasteiger partial charge in [0, 0.05) is 38.3 Å². The third-order valence-electron chi connectivity index (χ3n) is 4.90. The zero-order valence-electron chi connectivity index (χ0n) is 14.1. The molecule has 2 fully saturated rings. The molecule has 0 bridgehead atoms. The standard InChI is InChI=1S/C18H25N3O3/c1-20-10-8-16(22)15(12-20)18(24)19-11-13-4-6-14(7-5-13)21-9-2-3-17(21)23/h4-7,15-16,22H,2-3,8-12H2,1H3,(H,19,24)/t15-,16+/m1/s1. The molecule has 6 heteroatoms. The highest BCUT2D eigenvalue weighted by molar-refractivity contribution is 5.95. The Balaban J connectivity index is 1.54. The molecule has 1 aromatic rings. The fraction of sp³-hybridized carbons (Fsp3) is 0.556. The van der Waals surface area contributed by atoms with Crippen LogP contribution in [0.5, 0.6) is 0 Å². The predicted octanol–water partition coefficient (Wildman–Crippen LogP) is 0.742. The molecule has 2 heterocycles. The van der Waals surface area contributed by atoms with E-state index in [1.54, 1.807) is 4.90 Å². The minimum atomic E-state index is -0.565. The van der Waals surface area contributed by atoms with Crippen LogP contribution < -0.4 is 10.2 Å². The third kappa shape index (κ3) is 3.76. The number of carbonyl (C=O) groups is 2. The molecule has 2 atom stereocenters. The molecule has 130 valence electrons. The lowest BCUT2D eigenvalue weighted by Gasteiger charge is -2.32. The lowest BCUT2D eigenvalue weighted by Crippen LogP contribution is -2.48. The number of carbonyl (C=O) groups excluding carboxylic acids is 2. The number of rotatable bonds is 4. The number of piperidine rings is 1. The molecule has 6 nitrogen and oxygen atoms in total. The Bertz CT molecular complexity index is 602. The summed E-state index contributed by atoms with van der Waals surface area (Å²) >= 11 is 0. The Morgan fingerprint density at radius 2 is 2.04 bits per heavy atom. The number of anilines is 1. The van der Waals surface area contributed by atoms with E-state index in [-0.39, 0.29) is 17.7 Å². The largest absolute Gasteiger partial charge is 0.392 e. The fourth-order valence-electron chi connectivity index (χ4n) is 3.40. The van der Waals surface area contributed by atoms with E-state index >= 15 is 0 Å². The molecule has 2 aliphatic heterocycles. The van der Waals surface area contributed by atoms with Crippen molar-refractivity contribution in [1.29, 1.82) is 0 Å². The van der Waals surface area contributed by atoms with Crippen LogP contribution in [0.2, 0.25) is 0 Å². The SMILES string of the molecule is CN1CC[C@H](O)[C@H](C(=O)NCc2ccc(N3CCCC3=O)cc2)C1. The van der Waals surface area contributed by atoms with E-state index in [0.29, 0.717) is 25.9 Å². The van der Waals surface area contributed by atoms with Crippen molar-refractivity contribution in [3.05, 3.63) is 29.8 Å². The first-order chi connectivity index (χ1) is 11.5. The maximum atomic E-state index is 12.3. The van der Waals surface area contributed by atoms with Gasteiger partial charge in [-0.15, -0.1) is 0 Å². The van der Waals surface area contributed by atoms with Crippen LogP contribution >= 0.6 is 0 Å². The normalized spacial score (nSPS) is 25.1. The average molecular weight is 331 g/mol. The Morgan fingerprint density at radius 1 is 1.29 bits per heavy atom. The van der Waals surface area contributed by atoms with Crippen molar-refractivity contribution in [1.82, 2.24) is 10.2 Å². The summed E-state index contributed by atoms with van der Waals surface area (Å²) in [5.74, 6) is -0.301. The van der Waals surface area contributed by atoms with Crippen molar-refractivity contribution in [2.24, 2.45) is 5.92 Å². The molecule has 0 spiro atoms. The van der Waals surface area contributed by atoms with Gasteiger partial charge in [-0.2, -0.15) is 0 Å². The molecular weight excluding hydrogens is 306 g/mol. The van der Waals surface area contributed by atoms with Crippen molar-refractivity contribution in [3.63, 3.8) is 0 Å². The van der Waals surface area contributed by atoms with E-state index in [1.165, 1.54) is 0 Å². The summed E-state index contributed by atoms with van der Waals surface area (Å²) in [4.78, 5) is 27.9. The van der Waals surface area contributed by atoms with E-state index < -0.39 is 6.10 Å². The maximum absolute atomic E-state index is 12.3. The van der Waals surface area contributed by atoms with Gasteiger partial charge in [-0.3, -0.25) is 9.59 Å². The summed E-state index contributed by atoms with van der Waals surface area (Å²) in [5, 5.41) is 12.9. The van der Waals surface area contributed by atoms with Gasteiger partial charge < -0.3 is 20.2 Å². The van der Waals surface area contributed by atoms with Crippen LogP contribution in [0.15, 0.2) is 24.3 Å². The second kappa shape index (κ2) is 7.32. The summed E-state index contributed by atoms with van der Waals surface area (Å²) < 4.78 is 0. The highest BCUT2D eigenvalue weighted by atomic mass is 16.3. The summed E-state index contributed by atoms with van der Waals surface area (Å²) in [7, 11) is 1.96. The number of aliphatic hydroxyl groups is 1. The van der Waals surface area contributed by atoms with E-state index in [1.807, 2.05) is 31.3 Å². The van der Waals surface area contributed by atoms with E-state index in [2.05, 4.69) is 10.2 Å². The highest BCUT2D eigenvalue weighted by Gasteiger charge is 2.31. The Labute approximate surface area is 142 Å². The first-order valence-electron chi connectivity index (χ1n) is 8.58. The van der Waals surface area contributed by atoms with Crippen LogP contribution in [0.25, 0.3) is 0 Å². The van der Waals surface area contributed by atoms with Gasteiger partial charge in [-0.1, -0.05) is 12.1 Å². The van der Waals surface area contributed by atoms with E-state index in [9.17, 15) is 14.7 Å². The Kier molecular flexibility index (Phi) is 5.16. The molecule has 2 N–H and O–H groups in total. The van der Waals surface area contributed by atoms with Crippen molar-refractivity contribution >= 4 is 17.5 Å². The van der Waals surface area contributed by atoms with Crippen LogP contribution in [0.4, 0.5) is 5.69 Å². The number of benzene rings is 1. The van der Waals surface area contributed by atoms with E-state index in [4.69, 9.17) is 0 Å². The molecule has 2 aliphatic rings. The van der Waals surface area contributed by atoms with Gasteiger partial charge in [0.05, 0.1) is 12.0 Å². The number of amides is 2. The number of likely N-dealkylation sites (tertiary alicyclic amines) is 1. The second-order valence-electron chi connectivity index (χ2n) is 6.76. The molecule has 1 aromatic carbocycles. The molecule has 3 rings (SSSR count). The first kappa shape index (κ1) is 16.9. The maximum Gasteiger partial charge on any atom is 0.227 e. The van der Waals surface area contributed by atoms with Gasteiger partial charge in [0.1, 0.15) is 0 Å². The predicted molar refractivity (Wildman–Crippen MR) is 91.5 cm³/mol. The lowest BCUT2D eigenvalue weighted by atomic mass is 9.94. The second-order valence-corrected chi connectivity index (χ2v) is 6.76. The van der Waals surface area contributed by atoms with Gasteiger partial charge in [0.25, 0.3) is 0 Å². The number of hydrogen-bond acceptors (Lipinski definition) is 4. The van der Waals surface area contributed by atoms with Crippen molar-refractivity contribution in [2.45, 2.75) is 31.9 Å². The molecule has 0 aromatic heterocycles. The summed E-state index contributed by atoms with van der Waals surface area (Å²) in [6, 6.07) is 7.72. The molecule has 2 amide bonds. The van der Waals surface area contributed by atoms with Crippen LogP contribution in [0.3, 0.4) is 0 Å². The molecule has 24 heavy (non-hydrogen) atoms. The summed E-state index contributed by atoms with van der Waals surface area (Å²) in [6.45, 7) is 2.62. The lowest BCUT2D eigenvalue weighted by molar-refractivity contribution is -0.131. The minimum Gasteiger partial charge on any atom is -0.392 e. The summed E-state index contributed by atoms with van der Waals surface area (Å²) in [6.07, 6.45) is 1.60. The molecule has 0 aliphatic carbocycles. The number of nitrogens with zero attached hydrogens (tertiary/aromatic N) is 2. The number of hydrogen-bond donors (Lipinski definition) is 2. The van der Waals surface area contributed by atoms with Crippen LogP contribution in [0, 0.1) is 5.92 Å². The van der Waals surface area contributed by atoms with Gasteiger partial charge in [0.2, 0.25) is 11.8 Å². The zero-order chi connectivity index (χ0) is 17.1. The van der Waals surface area contributed by atoms with Gasteiger partial charge in [-0.25, -0.2) is 0 Å². The Hall–Kier alpha value is -1.92. The quantitative estimate of drug-likeness (QED) is 0.854. The van der Waals surface area contributed by atoms with E-state index in [0.717, 1.165) is 30.8 Å². The van der Waals surface area contributed by atoms with Gasteiger partial charge in [-0.05, 0) is 37.6 Å². The average Bonchev–Trinajstić information content (AvgIpc) is 3.01. The summed E-state index contributed by atoms with van der Waals surface area (Å²) in [5.41, 5.74) is 1.90. The number of aliphatic hydroxyl groups excluding tert-OH is 1. The minimum absolute atomic E-state index is 0.104. The van der Waals surface area contributed by atoms with Crippen molar-refractivity contribution in [3.8, 4) is 0 Å². The first-order valence-corrected chi connectivity index (χ1v) is 8.58. The van der Waals surface area contributed by atoms with Crippen molar-refractivity contribution < 1.29 is 14.7 Å². The number of nitrogens with one attached hydrogen (secondary N) is 1. The third-order valence-corrected chi connectivity index (χ3v) is 4.90. The highest BCUT2D eigenvalue weighted by Crippen LogP contribution is 2.22. The molecule has 2 saturated heterocycles. The van der Waals surface area contributed by atoms with Crippen molar-refractivity contribution in [2.75, 3.05) is 31.6 Å². The topological polar surface area (TPSA) is 72.9 Å². The fourth-order valence-corrected chi connectivity index (χ4v) is 3.40. The monoisotopic (exact) mass is 331 g/mol. The molecule has 0 unspecified atom stereocenters. The molecule has 0 radical (unpaired) electrons. The van der Waals surface area contributed by atoms with Gasteiger partial charge >= 0.3 is 0 Å². The Morgan fingerprint density at radius 3 is 2.71 bits per heavy atom. The van der Waals surface area contributed by atoms with Gasteiger partial charge in [0.15, 0.2) is 0 Å². The molecular formula is C18H25N3O3.